The van der Waals surface area contributed by atoms with Crippen molar-refractivity contribution in [1.82, 2.24) is 4.57 Å². The van der Waals surface area contributed by atoms with E-state index < -0.39 is 0 Å². The molecule has 0 aliphatic rings. The normalized spacial score (nSPS) is 12.3. The molecule has 24 heavy (non-hydrogen) atoms. The van der Waals surface area contributed by atoms with E-state index in [1.54, 1.807) is 12.1 Å². The molecule has 2 aromatic carbocycles. The van der Waals surface area contributed by atoms with Gasteiger partial charge in [0.2, 0.25) is 0 Å². The molecule has 0 N–H and O–H groups in total. The molecule has 1 aromatic heterocycles. The van der Waals surface area contributed by atoms with Crippen molar-refractivity contribution in [3.63, 3.8) is 0 Å². The highest BCUT2D eigenvalue weighted by Crippen LogP contribution is 2.23. The third kappa shape index (κ3) is 3.46. The molecule has 1 amide bonds. The Balaban J connectivity index is 1.92. The van der Waals surface area contributed by atoms with Gasteiger partial charge in [0.05, 0.1) is 16.6 Å². The molecule has 5 heteroatoms. The fraction of sp³-hybridized carbons (Fsp3) is 0.263. The van der Waals surface area contributed by atoms with Crippen LogP contribution in [-0.4, -0.2) is 10.5 Å². The summed E-state index contributed by atoms with van der Waals surface area (Å²) in [5, 5.41) is 0. The number of hydrogen-bond acceptors (Lipinski definition) is 2. The van der Waals surface area contributed by atoms with Crippen LogP contribution in [-0.2, 0) is 18.3 Å². The number of nitrogens with zero attached hydrogens (tertiary/aromatic N) is 2. The Kier molecular flexibility index (Phi) is 4.62. The standard InChI is InChI=1S/C19H19FN2OS/c1-12(2)14-6-9-16-17(11-14)24-19(22(16)3)21-18(23)10-13-4-7-15(20)8-5-13/h4-9,11-12H,10H2,1-3H3. The van der Waals surface area contributed by atoms with E-state index in [9.17, 15) is 9.18 Å². The number of fused-ring (bicyclic) bond motifs is 1. The first-order valence-electron chi connectivity index (χ1n) is 7.85. The smallest absolute Gasteiger partial charge is 0.252 e. The molecule has 1 heterocycles. The summed E-state index contributed by atoms with van der Waals surface area (Å²) in [6.07, 6.45) is 0.172. The van der Waals surface area contributed by atoms with Crippen LogP contribution < -0.4 is 4.80 Å². The fourth-order valence-electron chi connectivity index (χ4n) is 2.54. The van der Waals surface area contributed by atoms with E-state index in [4.69, 9.17) is 0 Å². The van der Waals surface area contributed by atoms with Crippen LogP contribution >= 0.6 is 11.3 Å². The summed E-state index contributed by atoms with van der Waals surface area (Å²) in [4.78, 5) is 17.1. The molecule has 0 radical (unpaired) electrons. The number of amides is 1. The Morgan fingerprint density at radius 2 is 1.92 bits per heavy atom. The zero-order valence-corrected chi connectivity index (χ0v) is 14.7. The average Bonchev–Trinajstić information content (AvgIpc) is 2.85. The van der Waals surface area contributed by atoms with Gasteiger partial charge in [0.1, 0.15) is 5.82 Å². The Hall–Kier alpha value is -2.27. The molecular formula is C19H19FN2OS. The Bertz CT molecular complexity index is 952. The number of aryl methyl sites for hydroxylation is 1. The number of aromatic nitrogens is 1. The first kappa shape index (κ1) is 16.6. The van der Waals surface area contributed by atoms with Crippen molar-refractivity contribution >= 4 is 27.5 Å². The molecule has 0 saturated heterocycles. The van der Waals surface area contributed by atoms with Crippen LogP contribution in [0, 0.1) is 5.82 Å². The van der Waals surface area contributed by atoms with Gasteiger partial charge in [0.25, 0.3) is 5.91 Å². The van der Waals surface area contributed by atoms with Crippen LogP contribution in [0.4, 0.5) is 4.39 Å². The van der Waals surface area contributed by atoms with Gasteiger partial charge < -0.3 is 4.57 Å². The molecule has 3 rings (SSSR count). The maximum absolute atomic E-state index is 12.9. The molecule has 0 aliphatic heterocycles. The monoisotopic (exact) mass is 342 g/mol. The molecule has 0 saturated carbocycles. The van der Waals surface area contributed by atoms with Gasteiger partial charge >= 0.3 is 0 Å². The zero-order chi connectivity index (χ0) is 17.3. The van der Waals surface area contributed by atoms with E-state index in [-0.39, 0.29) is 18.1 Å². The van der Waals surface area contributed by atoms with Crippen LogP contribution in [0.15, 0.2) is 47.5 Å². The number of rotatable bonds is 3. The van der Waals surface area contributed by atoms with Crippen molar-refractivity contribution in [2.24, 2.45) is 12.0 Å². The molecule has 3 nitrogen and oxygen atoms in total. The molecule has 0 unspecified atom stereocenters. The van der Waals surface area contributed by atoms with Gasteiger partial charge in [-0.3, -0.25) is 4.79 Å². The molecule has 3 aromatic rings. The van der Waals surface area contributed by atoms with Crippen molar-refractivity contribution < 1.29 is 9.18 Å². The SMILES string of the molecule is CC(C)c1ccc2c(c1)sc(=NC(=O)Cc1ccc(F)cc1)n2C. The summed E-state index contributed by atoms with van der Waals surface area (Å²) >= 11 is 1.51. The largest absolute Gasteiger partial charge is 0.319 e. The van der Waals surface area contributed by atoms with E-state index in [2.05, 4.69) is 37.0 Å². The van der Waals surface area contributed by atoms with E-state index in [0.29, 0.717) is 10.7 Å². The third-order valence-corrected chi connectivity index (χ3v) is 5.08. The van der Waals surface area contributed by atoms with Gasteiger partial charge in [-0.05, 0) is 41.3 Å². The maximum atomic E-state index is 12.9. The Labute approximate surface area is 144 Å². The highest BCUT2D eigenvalue weighted by Gasteiger charge is 2.08. The lowest BCUT2D eigenvalue weighted by Gasteiger charge is -2.04. The van der Waals surface area contributed by atoms with Crippen molar-refractivity contribution in [2.45, 2.75) is 26.2 Å². The summed E-state index contributed by atoms with van der Waals surface area (Å²) in [5.41, 5.74) is 3.10. The van der Waals surface area contributed by atoms with Crippen LogP contribution in [0.3, 0.4) is 0 Å². The number of halogens is 1. The van der Waals surface area contributed by atoms with E-state index in [1.165, 1.54) is 29.0 Å². The average molecular weight is 342 g/mol. The highest BCUT2D eigenvalue weighted by molar-refractivity contribution is 7.16. The van der Waals surface area contributed by atoms with Gasteiger partial charge in [0.15, 0.2) is 4.80 Å². The van der Waals surface area contributed by atoms with Crippen molar-refractivity contribution in [1.29, 1.82) is 0 Å². The maximum Gasteiger partial charge on any atom is 0.252 e. The van der Waals surface area contributed by atoms with Crippen molar-refractivity contribution in [3.8, 4) is 0 Å². The highest BCUT2D eigenvalue weighted by atomic mass is 32.1. The summed E-state index contributed by atoms with van der Waals surface area (Å²) < 4.78 is 16.0. The van der Waals surface area contributed by atoms with Crippen LogP contribution in [0.25, 0.3) is 10.2 Å². The predicted molar refractivity (Wildman–Crippen MR) is 95.6 cm³/mol. The lowest BCUT2D eigenvalue weighted by Crippen LogP contribution is -2.14. The summed E-state index contributed by atoms with van der Waals surface area (Å²) in [6, 6.07) is 12.3. The second-order valence-corrected chi connectivity index (χ2v) is 7.14. The van der Waals surface area contributed by atoms with E-state index in [0.717, 1.165) is 15.8 Å². The summed E-state index contributed by atoms with van der Waals surface area (Å²) in [5.74, 6) is -0.0739. The minimum Gasteiger partial charge on any atom is -0.319 e. The minimum atomic E-state index is -0.306. The van der Waals surface area contributed by atoms with Crippen molar-refractivity contribution in [3.05, 3.63) is 64.2 Å². The second kappa shape index (κ2) is 6.69. The number of carbonyl (C=O) groups is 1. The van der Waals surface area contributed by atoms with Crippen LogP contribution in [0.2, 0.25) is 0 Å². The molecule has 0 aliphatic carbocycles. The van der Waals surface area contributed by atoms with Gasteiger partial charge in [-0.15, -0.1) is 0 Å². The minimum absolute atomic E-state index is 0.172. The number of carbonyl (C=O) groups excluding carboxylic acids is 1. The van der Waals surface area contributed by atoms with Gasteiger partial charge in [0, 0.05) is 7.05 Å². The number of hydrogen-bond donors (Lipinski definition) is 0. The molecule has 0 fully saturated rings. The number of thiazole rings is 1. The fourth-order valence-corrected chi connectivity index (χ4v) is 3.62. The summed E-state index contributed by atoms with van der Waals surface area (Å²) in [6.45, 7) is 4.32. The van der Waals surface area contributed by atoms with Gasteiger partial charge in [-0.1, -0.05) is 43.4 Å². The quantitative estimate of drug-likeness (QED) is 0.703. The Morgan fingerprint density at radius 1 is 1.21 bits per heavy atom. The number of benzene rings is 2. The first-order chi connectivity index (χ1) is 11.4. The van der Waals surface area contributed by atoms with Crippen LogP contribution in [0.5, 0.6) is 0 Å². The van der Waals surface area contributed by atoms with Gasteiger partial charge in [-0.25, -0.2) is 4.39 Å². The first-order valence-corrected chi connectivity index (χ1v) is 8.67. The summed E-state index contributed by atoms with van der Waals surface area (Å²) in [7, 11) is 1.91. The molecule has 0 atom stereocenters. The van der Waals surface area contributed by atoms with E-state index in [1.807, 2.05) is 11.6 Å². The predicted octanol–water partition coefficient (Wildman–Crippen LogP) is 4.17. The Morgan fingerprint density at radius 3 is 2.58 bits per heavy atom. The molecule has 124 valence electrons. The lowest BCUT2D eigenvalue weighted by molar-refractivity contribution is -0.117. The van der Waals surface area contributed by atoms with E-state index >= 15 is 0 Å². The molecular weight excluding hydrogens is 323 g/mol. The van der Waals surface area contributed by atoms with Crippen molar-refractivity contribution in [2.75, 3.05) is 0 Å². The topological polar surface area (TPSA) is 34.4 Å². The lowest BCUT2D eigenvalue weighted by atomic mass is 10.0. The second-order valence-electron chi connectivity index (χ2n) is 6.13. The van der Waals surface area contributed by atoms with Crippen LogP contribution in [0.1, 0.15) is 30.9 Å². The molecule has 0 bridgehead atoms. The molecule has 0 spiro atoms. The zero-order valence-electron chi connectivity index (χ0n) is 13.9. The van der Waals surface area contributed by atoms with Gasteiger partial charge in [-0.2, -0.15) is 4.99 Å². The third-order valence-electron chi connectivity index (χ3n) is 3.99.